The number of hydrogen-bond donors (Lipinski definition) is 0. The average molecular weight is 559 g/mol. The third-order valence-electron chi connectivity index (χ3n) is 5.94. The van der Waals surface area contributed by atoms with Crippen LogP contribution in [0, 0.1) is 6.92 Å². The van der Waals surface area contributed by atoms with Crippen LogP contribution in [0.1, 0.15) is 54.0 Å². The maximum Gasteiger partial charge on any atom is 0.416 e. The Morgan fingerprint density at radius 1 is 1.03 bits per heavy atom. The Hall–Kier alpha value is -3.44. The fourth-order valence-electron chi connectivity index (χ4n) is 4.02. The number of amidine groups is 1. The summed E-state index contributed by atoms with van der Waals surface area (Å²) < 4.78 is 38.6. The number of nitrogens with zero attached hydrogens (tertiary/aromatic N) is 2. The number of aliphatic imine (C=N–C) groups is 1. The van der Waals surface area contributed by atoms with Gasteiger partial charge in [-0.15, -0.1) is 0 Å². The van der Waals surface area contributed by atoms with Crippen LogP contribution in [0.25, 0.3) is 0 Å². The van der Waals surface area contributed by atoms with Crippen molar-refractivity contribution >= 4 is 35.0 Å². The van der Waals surface area contributed by atoms with Crippen LogP contribution in [0.15, 0.2) is 59.6 Å². The van der Waals surface area contributed by atoms with Gasteiger partial charge in [-0.25, -0.2) is 18.8 Å². The van der Waals surface area contributed by atoms with E-state index in [1.54, 1.807) is 77.1 Å². The van der Waals surface area contributed by atoms with Crippen molar-refractivity contribution < 1.29 is 37.7 Å². The van der Waals surface area contributed by atoms with Crippen molar-refractivity contribution in [2.75, 3.05) is 6.54 Å². The Labute approximate surface area is 230 Å². The SMILES string of the molecule is CCN(C(=O)OC(C)(C)C)C1=N[C@@H]2[C@@H](F)[C@H](OC(=O)c3ccccc3)[C@H](OC(=O)c3ccccc3C)O[C@@H]2S1. The number of halogens is 1. The highest BCUT2D eigenvalue weighted by atomic mass is 32.2. The lowest BCUT2D eigenvalue weighted by Gasteiger charge is -2.38. The number of hydrogen-bond acceptors (Lipinski definition) is 9. The Kier molecular flexibility index (Phi) is 8.60. The first kappa shape index (κ1) is 28.6. The van der Waals surface area contributed by atoms with E-state index in [0.29, 0.717) is 5.56 Å². The predicted molar refractivity (Wildman–Crippen MR) is 143 cm³/mol. The number of amides is 1. The molecule has 0 aromatic heterocycles. The molecule has 2 aromatic carbocycles. The molecule has 2 aliphatic heterocycles. The summed E-state index contributed by atoms with van der Waals surface area (Å²) in [5.74, 6) is -1.56. The number of aryl methyl sites for hydroxylation is 1. The minimum atomic E-state index is -1.89. The van der Waals surface area contributed by atoms with Crippen LogP contribution in [0.4, 0.5) is 9.18 Å². The Morgan fingerprint density at radius 3 is 2.33 bits per heavy atom. The number of alkyl halides is 1. The van der Waals surface area contributed by atoms with Gasteiger partial charge in [0.25, 0.3) is 0 Å². The topological polar surface area (TPSA) is 104 Å². The maximum absolute atomic E-state index is 16.1. The van der Waals surface area contributed by atoms with Crippen LogP contribution < -0.4 is 0 Å². The smallest absolute Gasteiger partial charge is 0.416 e. The second-order valence-corrected chi connectivity index (χ2v) is 11.1. The Morgan fingerprint density at radius 2 is 1.69 bits per heavy atom. The summed E-state index contributed by atoms with van der Waals surface area (Å²) in [5.41, 5.74) is -0.561. The van der Waals surface area contributed by atoms with Crippen molar-refractivity contribution in [2.24, 2.45) is 4.99 Å². The molecular weight excluding hydrogens is 527 g/mol. The van der Waals surface area contributed by atoms with Crippen LogP contribution >= 0.6 is 11.8 Å². The predicted octanol–water partition coefficient (Wildman–Crippen LogP) is 5.13. The summed E-state index contributed by atoms with van der Waals surface area (Å²) in [6, 6.07) is 13.7. The van der Waals surface area contributed by atoms with Gasteiger partial charge in [-0.3, -0.25) is 9.89 Å². The lowest BCUT2D eigenvalue weighted by atomic mass is 10.0. The van der Waals surface area contributed by atoms with E-state index in [9.17, 15) is 14.4 Å². The molecule has 208 valence electrons. The van der Waals surface area contributed by atoms with Gasteiger partial charge < -0.3 is 18.9 Å². The van der Waals surface area contributed by atoms with Crippen molar-refractivity contribution in [1.29, 1.82) is 0 Å². The standard InChI is InChI=1S/C28H31FN2O7S/c1-6-31(27(34)38-28(3,4)5)26-30-20-19(29)21(35-22(32)17-13-8-7-9-14-17)24(37-25(20)39-26)36-23(33)18-15-11-10-12-16(18)2/h7-15,19-21,24-25H,6H2,1-5H3/t19-,20-,21+,24-,25-/m1/s1. The zero-order valence-electron chi connectivity index (χ0n) is 22.3. The highest BCUT2D eigenvalue weighted by Crippen LogP contribution is 2.40. The van der Waals surface area contributed by atoms with Gasteiger partial charge in [0.2, 0.25) is 6.29 Å². The monoisotopic (exact) mass is 558 g/mol. The molecule has 2 aliphatic rings. The van der Waals surface area contributed by atoms with Gasteiger partial charge in [0.05, 0.1) is 11.1 Å². The lowest BCUT2D eigenvalue weighted by Crippen LogP contribution is -2.55. The molecule has 5 atom stereocenters. The first-order chi connectivity index (χ1) is 18.5. The van der Waals surface area contributed by atoms with Crippen molar-refractivity contribution in [1.82, 2.24) is 4.90 Å². The van der Waals surface area contributed by atoms with Gasteiger partial charge >= 0.3 is 18.0 Å². The average Bonchev–Trinajstić information content (AvgIpc) is 3.30. The van der Waals surface area contributed by atoms with Crippen LogP contribution in [0.5, 0.6) is 0 Å². The first-order valence-corrected chi connectivity index (χ1v) is 13.4. The van der Waals surface area contributed by atoms with Crippen molar-refractivity contribution in [2.45, 2.75) is 70.3 Å². The molecule has 0 spiro atoms. The number of thioether (sulfide) groups is 1. The third kappa shape index (κ3) is 6.59. The van der Waals surface area contributed by atoms with Crippen molar-refractivity contribution in [3.63, 3.8) is 0 Å². The van der Waals surface area contributed by atoms with E-state index in [4.69, 9.17) is 18.9 Å². The van der Waals surface area contributed by atoms with E-state index < -0.39 is 53.7 Å². The van der Waals surface area contributed by atoms with E-state index >= 15 is 4.39 Å². The summed E-state index contributed by atoms with van der Waals surface area (Å²) in [4.78, 5) is 44.3. The summed E-state index contributed by atoms with van der Waals surface area (Å²) in [7, 11) is 0. The summed E-state index contributed by atoms with van der Waals surface area (Å²) in [5, 5.41) is 0.198. The van der Waals surface area contributed by atoms with Crippen LogP contribution in [-0.4, -0.2) is 70.3 Å². The van der Waals surface area contributed by atoms with Gasteiger partial charge in [-0.2, -0.15) is 0 Å². The van der Waals surface area contributed by atoms with Gasteiger partial charge in [0.15, 0.2) is 17.4 Å². The summed E-state index contributed by atoms with van der Waals surface area (Å²) >= 11 is 1.01. The van der Waals surface area contributed by atoms with Crippen LogP contribution in [-0.2, 0) is 18.9 Å². The molecule has 1 amide bonds. The number of benzene rings is 2. The van der Waals surface area contributed by atoms with Gasteiger partial charge in [-0.05, 0) is 58.4 Å². The molecule has 0 saturated carbocycles. The molecule has 0 bridgehead atoms. The number of fused-ring (bicyclic) bond motifs is 1. The first-order valence-electron chi connectivity index (χ1n) is 12.6. The zero-order chi connectivity index (χ0) is 28.3. The summed E-state index contributed by atoms with van der Waals surface area (Å²) in [6.45, 7) is 8.91. The normalized spacial score (nSPS) is 24.3. The quantitative estimate of drug-likeness (QED) is 0.368. The third-order valence-corrected chi connectivity index (χ3v) is 7.10. The molecule has 1 fully saturated rings. The second kappa shape index (κ2) is 11.7. The highest BCUT2D eigenvalue weighted by molar-refractivity contribution is 8.14. The molecule has 0 N–H and O–H groups in total. The lowest BCUT2D eigenvalue weighted by molar-refractivity contribution is -0.221. The number of esters is 2. The molecule has 2 aromatic rings. The Balaban J connectivity index is 1.60. The molecule has 39 heavy (non-hydrogen) atoms. The summed E-state index contributed by atoms with van der Waals surface area (Å²) in [6.07, 6.45) is -5.69. The number of carbonyl (C=O) groups excluding carboxylic acids is 3. The van der Waals surface area contributed by atoms with Crippen LogP contribution in [0.3, 0.4) is 0 Å². The van der Waals surface area contributed by atoms with Gasteiger partial charge in [0.1, 0.15) is 17.1 Å². The van der Waals surface area contributed by atoms with Gasteiger partial charge in [-0.1, -0.05) is 48.2 Å². The zero-order valence-corrected chi connectivity index (χ0v) is 23.1. The number of carbonyl (C=O) groups is 3. The number of rotatable bonds is 5. The largest absolute Gasteiger partial charge is 0.449 e. The molecule has 0 unspecified atom stereocenters. The van der Waals surface area contributed by atoms with Crippen molar-refractivity contribution in [3.05, 3.63) is 71.3 Å². The molecule has 0 aliphatic carbocycles. The van der Waals surface area contributed by atoms with E-state index in [1.807, 2.05) is 0 Å². The van der Waals surface area contributed by atoms with Crippen LogP contribution in [0.2, 0.25) is 0 Å². The Bertz CT molecular complexity index is 1250. The fraction of sp³-hybridized carbons (Fsp3) is 0.429. The van der Waals surface area contributed by atoms with E-state index in [2.05, 4.69) is 4.99 Å². The molecule has 2 heterocycles. The highest BCUT2D eigenvalue weighted by Gasteiger charge is 2.54. The minimum absolute atomic E-state index is 0.197. The molecule has 0 radical (unpaired) electrons. The maximum atomic E-state index is 16.1. The number of ether oxygens (including phenoxy) is 4. The minimum Gasteiger partial charge on any atom is -0.449 e. The van der Waals surface area contributed by atoms with E-state index in [0.717, 1.165) is 11.8 Å². The molecule has 1 saturated heterocycles. The van der Waals surface area contributed by atoms with E-state index in [-0.39, 0.29) is 22.8 Å². The van der Waals surface area contributed by atoms with Crippen molar-refractivity contribution in [3.8, 4) is 0 Å². The fourth-order valence-corrected chi connectivity index (χ4v) is 5.26. The molecule has 4 rings (SSSR count). The van der Waals surface area contributed by atoms with E-state index in [1.165, 1.54) is 17.0 Å². The second-order valence-electron chi connectivity index (χ2n) is 10.0. The molecule has 11 heteroatoms. The van der Waals surface area contributed by atoms with Gasteiger partial charge in [0, 0.05) is 6.54 Å². The molecular formula is C28H31FN2O7S. The molecule has 9 nitrogen and oxygen atoms in total.